The number of amides is 1. The van der Waals surface area contributed by atoms with Gasteiger partial charge in [0, 0.05) is 12.6 Å². The Morgan fingerprint density at radius 2 is 1.92 bits per heavy atom. The third-order valence-electron chi connectivity index (χ3n) is 4.11. The fraction of sp³-hybridized carbons (Fsp3) is 0.222. The zero-order valence-corrected chi connectivity index (χ0v) is 15.1. The highest BCUT2D eigenvalue weighted by atomic mass is 32.2. The molecular weight excluding hydrogens is 356 g/mol. The van der Waals surface area contributed by atoms with Crippen molar-refractivity contribution < 1.29 is 22.7 Å². The summed E-state index contributed by atoms with van der Waals surface area (Å²) in [7, 11) is -2.27. The van der Waals surface area contributed by atoms with Crippen LogP contribution in [0, 0.1) is 0 Å². The molecule has 0 fully saturated rings. The molecule has 0 radical (unpaired) electrons. The molecule has 7 nitrogen and oxygen atoms in total. The molecule has 0 saturated heterocycles. The number of para-hydroxylation sites is 2. The van der Waals surface area contributed by atoms with Gasteiger partial charge in [-0.1, -0.05) is 24.3 Å². The molecule has 1 unspecified atom stereocenters. The van der Waals surface area contributed by atoms with Crippen LogP contribution in [0.2, 0.25) is 0 Å². The molecule has 8 heteroatoms. The molecule has 0 saturated carbocycles. The smallest absolute Gasteiger partial charge is 0.269 e. The number of benzene rings is 2. The van der Waals surface area contributed by atoms with Crippen LogP contribution in [0.4, 0.5) is 5.69 Å². The second kappa shape index (κ2) is 6.89. The van der Waals surface area contributed by atoms with Gasteiger partial charge in [-0.25, -0.2) is 13.1 Å². The van der Waals surface area contributed by atoms with E-state index in [0.29, 0.717) is 17.0 Å². The van der Waals surface area contributed by atoms with Crippen LogP contribution >= 0.6 is 0 Å². The number of fused-ring (bicyclic) bond motifs is 1. The average Bonchev–Trinajstić information content (AvgIpc) is 2.63. The predicted octanol–water partition coefficient (Wildman–Crippen LogP) is 1.59. The highest BCUT2D eigenvalue weighted by Crippen LogP contribution is 2.32. The van der Waals surface area contributed by atoms with Crippen molar-refractivity contribution in [3.05, 3.63) is 54.1 Å². The molecule has 0 aromatic heterocycles. The number of Topliss-reactive ketones (excluding diaryl/α,β-unsaturated/α-hetero) is 1. The largest absolute Gasteiger partial charge is 0.477 e. The molecule has 1 atom stereocenters. The van der Waals surface area contributed by atoms with Crippen LogP contribution in [-0.4, -0.2) is 39.8 Å². The molecule has 26 heavy (non-hydrogen) atoms. The average molecular weight is 374 g/mol. The Kier molecular flexibility index (Phi) is 4.80. The maximum atomic E-state index is 12.5. The minimum atomic E-state index is -3.89. The minimum absolute atomic E-state index is 0.0396. The van der Waals surface area contributed by atoms with Crippen LogP contribution in [-0.2, 0) is 14.8 Å². The van der Waals surface area contributed by atoms with Crippen molar-refractivity contribution in [1.29, 1.82) is 0 Å². The maximum absolute atomic E-state index is 12.5. The number of nitrogens with zero attached hydrogens (tertiary/aromatic N) is 1. The van der Waals surface area contributed by atoms with E-state index in [1.54, 1.807) is 37.4 Å². The first-order valence-corrected chi connectivity index (χ1v) is 9.42. The summed E-state index contributed by atoms with van der Waals surface area (Å²) < 4.78 is 33.0. The topological polar surface area (TPSA) is 92.8 Å². The number of hydrogen-bond acceptors (Lipinski definition) is 5. The Morgan fingerprint density at radius 3 is 2.65 bits per heavy atom. The summed E-state index contributed by atoms with van der Waals surface area (Å²) in [5.74, 6) is -0.0627. The van der Waals surface area contributed by atoms with E-state index < -0.39 is 16.1 Å². The quantitative estimate of drug-likeness (QED) is 0.803. The van der Waals surface area contributed by atoms with Gasteiger partial charge in [0.2, 0.25) is 10.0 Å². The molecule has 0 aliphatic carbocycles. The first kappa shape index (κ1) is 18.1. The van der Waals surface area contributed by atoms with Crippen LogP contribution in [0.1, 0.15) is 17.3 Å². The van der Waals surface area contributed by atoms with Gasteiger partial charge in [-0.15, -0.1) is 0 Å². The molecule has 1 N–H and O–H groups in total. The predicted molar refractivity (Wildman–Crippen MR) is 95.9 cm³/mol. The Labute approximate surface area is 151 Å². The Hall–Kier alpha value is -2.71. The van der Waals surface area contributed by atoms with E-state index in [1.165, 1.54) is 30.0 Å². The lowest BCUT2D eigenvalue weighted by atomic mass is 10.2. The van der Waals surface area contributed by atoms with Crippen molar-refractivity contribution in [3.8, 4) is 5.75 Å². The van der Waals surface area contributed by atoms with Gasteiger partial charge < -0.3 is 9.64 Å². The lowest BCUT2D eigenvalue weighted by Gasteiger charge is -2.31. The van der Waals surface area contributed by atoms with Crippen molar-refractivity contribution in [3.63, 3.8) is 0 Å². The van der Waals surface area contributed by atoms with Gasteiger partial charge >= 0.3 is 0 Å². The zero-order chi connectivity index (χ0) is 18.9. The van der Waals surface area contributed by atoms with Gasteiger partial charge in [-0.05, 0) is 31.2 Å². The number of carbonyl (C=O) groups excluding carboxylic acids is 2. The summed E-state index contributed by atoms with van der Waals surface area (Å²) in [5.41, 5.74) is 0.928. The number of carbonyl (C=O) groups is 2. The van der Waals surface area contributed by atoms with Crippen molar-refractivity contribution in [2.24, 2.45) is 0 Å². The number of ether oxygens (including phenoxy) is 1. The van der Waals surface area contributed by atoms with E-state index in [4.69, 9.17) is 4.74 Å². The minimum Gasteiger partial charge on any atom is -0.477 e. The summed E-state index contributed by atoms with van der Waals surface area (Å²) in [6.07, 6.45) is -0.972. The third kappa shape index (κ3) is 3.47. The SMILES string of the molecule is CC(=O)c1cccc(S(=O)(=O)NCC2Oc3ccccc3N(C)C2=O)c1. The van der Waals surface area contributed by atoms with Crippen LogP contribution in [0.5, 0.6) is 5.75 Å². The van der Waals surface area contributed by atoms with E-state index in [2.05, 4.69) is 4.72 Å². The first-order valence-electron chi connectivity index (χ1n) is 7.93. The summed E-state index contributed by atoms with van der Waals surface area (Å²) in [6.45, 7) is 1.14. The second-order valence-corrected chi connectivity index (χ2v) is 7.67. The number of likely N-dealkylation sites (N-methyl/N-ethyl adjacent to an activating group) is 1. The second-order valence-electron chi connectivity index (χ2n) is 5.91. The molecule has 136 valence electrons. The number of anilines is 1. The number of ketones is 1. The van der Waals surface area contributed by atoms with E-state index >= 15 is 0 Å². The molecule has 1 heterocycles. The van der Waals surface area contributed by atoms with Gasteiger partial charge in [0.15, 0.2) is 11.9 Å². The number of nitrogens with one attached hydrogen (secondary N) is 1. The van der Waals surface area contributed by atoms with Crippen molar-refractivity contribution in [1.82, 2.24) is 4.72 Å². The highest BCUT2D eigenvalue weighted by Gasteiger charge is 2.33. The van der Waals surface area contributed by atoms with Crippen LogP contribution in [0.3, 0.4) is 0 Å². The number of rotatable bonds is 5. The van der Waals surface area contributed by atoms with Gasteiger partial charge in [0.1, 0.15) is 5.75 Å². The molecule has 3 rings (SSSR count). The molecular formula is C18H18N2O5S. The zero-order valence-electron chi connectivity index (χ0n) is 14.3. The highest BCUT2D eigenvalue weighted by molar-refractivity contribution is 7.89. The van der Waals surface area contributed by atoms with Crippen LogP contribution in [0.25, 0.3) is 0 Å². The normalized spacial score (nSPS) is 16.8. The Morgan fingerprint density at radius 1 is 1.19 bits per heavy atom. The molecule has 1 amide bonds. The summed E-state index contributed by atoms with van der Waals surface area (Å²) in [4.78, 5) is 25.2. The van der Waals surface area contributed by atoms with Gasteiger partial charge in [0.05, 0.1) is 17.1 Å². The lowest BCUT2D eigenvalue weighted by Crippen LogP contribution is -2.49. The van der Waals surface area contributed by atoms with Crippen molar-refractivity contribution >= 4 is 27.4 Å². The fourth-order valence-electron chi connectivity index (χ4n) is 2.65. The first-order chi connectivity index (χ1) is 12.3. The van der Waals surface area contributed by atoms with Crippen molar-refractivity contribution in [2.45, 2.75) is 17.9 Å². The molecule has 2 aromatic carbocycles. The van der Waals surface area contributed by atoms with Crippen molar-refractivity contribution in [2.75, 3.05) is 18.5 Å². The van der Waals surface area contributed by atoms with Gasteiger partial charge in [-0.3, -0.25) is 9.59 Å². The fourth-order valence-corrected chi connectivity index (χ4v) is 3.73. The van der Waals surface area contributed by atoms with Crippen LogP contribution in [0.15, 0.2) is 53.4 Å². The maximum Gasteiger partial charge on any atom is 0.269 e. The lowest BCUT2D eigenvalue weighted by molar-refractivity contribution is -0.125. The molecule has 1 aliphatic rings. The van der Waals surface area contributed by atoms with Gasteiger partial charge in [0.25, 0.3) is 5.91 Å². The third-order valence-corrected chi connectivity index (χ3v) is 5.53. The Bertz CT molecular complexity index is 971. The Balaban J connectivity index is 1.77. The molecule has 2 aromatic rings. The summed E-state index contributed by atoms with van der Waals surface area (Å²) >= 11 is 0. The number of sulfonamides is 1. The monoisotopic (exact) mass is 374 g/mol. The van der Waals surface area contributed by atoms with E-state index in [1.807, 2.05) is 0 Å². The standard InChI is InChI=1S/C18H18N2O5S/c1-12(21)13-6-5-7-14(10-13)26(23,24)19-11-17-18(22)20(2)15-8-3-4-9-16(15)25-17/h3-10,17,19H,11H2,1-2H3. The van der Waals surface area contributed by atoms with Crippen LogP contribution < -0.4 is 14.4 Å². The van der Waals surface area contributed by atoms with E-state index in [-0.39, 0.29) is 23.1 Å². The van der Waals surface area contributed by atoms with E-state index in [0.717, 1.165) is 0 Å². The summed E-state index contributed by atoms with van der Waals surface area (Å²) in [5, 5.41) is 0. The molecule has 0 bridgehead atoms. The summed E-state index contributed by atoms with van der Waals surface area (Å²) in [6, 6.07) is 12.8. The molecule has 0 spiro atoms. The van der Waals surface area contributed by atoms with E-state index in [9.17, 15) is 18.0 Å². The number of hydrogen-bond donors (Lipinski definition) is 1. The molecule has 1 aliphatic heterocycles. The van der Waals surface area contributed by atoms with Gasteiger partial charge in [-0.2, -0.15) is 0 Å².